The van der Waals surface area contributed by atoms with Crippen molar-refractivity contribution in [2.75, 3.05) is 6.61 Å². The molecule has 14 heavy (non-hydrogen) atoms. The first kappa shape index (κ1) is 9.68. The Balaban J connectivity index is 2.46. The zero-order valence-electron chi connectivity index (χ0n) is 7.93. The number of ether oxygens (including phenoxy) is 1. The highest BCUT2D eigenvalue weighted by molar-refractivity contribution is 7.92. The second kappa shape index (κ2) is 3.37. The highest BCUT2D eigenvalue weighted by Crippen LogP contribution is 2.31. The molecule has 4 heteroatoms. The lowest BCUT2D eigenvalue weighted by Crippen LogP contribution is -2.20. The molecule has 0 spiro atoms. The molecule has 0 N–H and O–H groups in total. The second-order valence-corrected chi connectivity index (χ2v) is 5.30. The lowest BCUT2D eigenvalue weighted by Gasteiger charge is -2.08. The molecule has 0 amide bonds. The van der Waals surface area contributed by atoms with Crippen molar-refractivity contribution >= 4 is 9.84 Å². The number of rotatable bonds is 2. The van der Waals surface area contributed by atoms with Crippen molar-refractivity contribution in [3.8, 4) is 0 Å². The Labute approximate surface area is 83.6 Å². The standard InChI is InChI=1S/C10H12O3S/c1-2-13-10-7-8-5-3-4-6-9(8)14(10,11)12/h3-6,10H,2,7H2,1H3/t10-/m1/s1. The Hall–Kier alpha value is -0.870. The minimum atomic E-state index is -3.23. The quantitative estimate of drug-likeness (QED) is 0.743. The second-order valence-electron chi connectivity index (χ2n) is 3.24. The molecule has 0 saturated heterocycles. The smallest absolute Gasteiger partial charge is 0.205 e. The van der Waals surface area contributed by atoms with Crippen molar-refractivity contribution in [1.82, 2.24) is 0 Å². The predicted octanol–water partition coefficient (Wildman–Crippen LogP) is 1.38. The summed E-state index contributed by atoms with van der Waals surface area (Å²) >= 11 is 0. The Kier molecular flexibility index (Phi) is 2.33. The van der Waals surface area contributed by atoms with E-state index in [1.54, 1.807) is 19.1 Å². The van der Waals surface area contributed by atoms with Crippen LogP contribution < -0.4 is 0 Å². The number of hydrogen-bond donors (Lipinski definition) is 0. The molecule has 1 heterocycles. The van der Waals surface area contributed by atoms with Crippen LogP contribution in [0.1, 0.15) is 12.5 Å². The van der Waals surface area contributed by atoms with Crippen LogP contribution in [0.5, 0.6) is 0 Å². The minimum absolute atomic E-state index is 0.428. The summed E-state index contributed by atoms with van der Waals surface area (Å²) in [6, 6.07) is 7.07. The molecule has 1 aliphatic rings. The van der Waals surface area contributed by atoms with Gasteiger partial charge in [-0.05, 0) is 18.6 Å². The van der Waals surface area contributed by atoms with E-state index in [1.165, 1.54) is 0 Å². The van der Waals surface area contributed by atoms with Crippen molar-refractivity contribution in [3.63, 3.8) is 0 Å². The molecule has 1 atom stereocenters. The molecular formula is C10H12O3S. The van der Waals surface area contributed by atoms with Gasteiger partial charge in [0.15, 0.2) is 5.44 Å². The molecule has 3 nitrogen and oxygen atoms in total. The molecule has 0 fully saturated rings. The lowest BCUT2D eigenvalue weighted by atomic mass is 10.2. The maximum absolute atomic E-state index is 11.8. The predicted molar refractivity (Wildman–Crippen MR) is 52.7 cm³/mol. The molecule has 0 bridgehead atoms. The lowest BCUT2D eigenvalue weighted by molar-refractivity contribution is 0.121. The van der Waals surface area contributed by atoms with Crippen LogP contribution in [0.3, 0.4) is 0 Å². The summed E-state index contributed by atoms with van der Waals surface area (Å²) in [7, 11) is -3.23. The van der Waals surface area contributed by atoms with E-state index in [1.807, 2.05) is 12.1 Å². The summed E-state index contributed by atoms with van der Waals surface area (Å²) in [5.41, 5.74) is 0.191. The van der Waals surface area contributed by atoms with Crippen molar-refractivity contribution in [2.24, 2.45) is 0 Å². The van der Waals surface area contributed by atoms with Crippen molar-refractivity contribution < 1.29 is 13.2 Å². The van der Waals surface area contributed by atoms with E-state index in [4.69, 9.17) is 4.74 Å². The van der Waals surface area contributed by atoms with E-state index in [0.717, 1.165) is 5.56 Å². The van der Waals surface area contributed by atoms with Gasteiger partial charge >= 0.3 is 0 Å². The molecule has 1 aromatic carbocycles. The number of benzene rings is 1. The molecule has 0 unspecified atom stereocenters. The summed E-state index contributed by atoms with van der Waals surface area (Å²) in [6.45, 7) is 2.23. The van der Waals surface area contributed by atoms with Crippen LogP contribution in [0.4, 0.5) is 0 Å². The Morgan fingerprint density at radius 2 is 2.14 bits per heavy atom. The first-order chi connectivity index (χ1) is 6.66. The summed E-state index contributed by atoms with van der Waals surface area (Å²) in [5, 5.41) is 0. The van der Waals surface area contributed by atoms with Gasteiger partial charge in [0.05, 0.1) is 4.90 Å². The Bertz CT molecular complexity index is 436. The molecular weight excluding hydrogens is 200 g/mol. The third kappa shape index (κ3) is 1.35. The van der Waals surface area contributed by atoms with Gasteiger partial charge in [-0.25, -0.2) is 8.42 Å². The molecule has 0 saturated carbocycles. The average molecular weight is 212 g/mol. The fourth-order valence-corrected chi connectivity index (χ4v) is 3.50. The largest absolute Gasteiger partial charge is 0.362 e. The first-order valence-corrected chi connectivity index (χ1v) is 6.14. The van der Waals surface area contributed by atoms with E-state index in [0.29, 0.717) is 17.9 Å². The molecule has 0 aliphatic carbocycles. The van der Waals surface area contributed by atoms with Gasteiger partial charge in [0.25, 0.3) is 0 Å². The van der Waals surface area contributed by atoms with Gasteiger partial charge in [-0.1, -0.05) is 18.2 Å². The minimum Gasteiger partial charge on any atom is -0.362 e. The number of hydrogen-bond acceptors (Lipinski definition) is 3. The number of sulfone groups is 1. The maximum Gasteiger partial charge on any atom is 0.205 e. The van der Waals surface area contributed by atoms with E-state index in [-0.39, 0.29) is 0 Å². The van der Waals surface area contributed by atoms with Gasteiger partial charge in [-0.3, -0.25) is 0 Å². The van der Waals surface area contributed by atoms with Gasteiger partial charge in [-0.2, -0.15) is 0 Å². The molecule has 1 aliphatic heterocycles. The van der Waals surface area contributed by atoms with Crippen molar-refractivity contribution in [3.05, 3.63) is 29.8 Å². The highest BCUT2D eigenvalue weighted by atomic mass is 32.2. The van der Waals surface area contributed by atoms with Crippen LogP contribution in [0.25, 0.3) is 0 Å². The average Bonchev–Trinajstić information content (AvgIpc) is 2.41. The molecule has 0 aromatic heterocycles. The number of fused-ring (bicyclic) bond motifs is 1. The third-order valence-electron chi connectivity index (χ3n) is 2.36. The monoisotopic (exact) mass is 212 g/mol. The van der Waals surface area contributed by atoms with Crippen LogP contribution in [-0.2, 0) is 21.0 Å². The normalized spacial score (nSPS) is 23.4. The fourth-order valence-electron chi connectivity index (χ4n) is 1.72. The van der Waals surface area contributed by atoms with Gasteiger partial charge < -0.3 is 4.74 Å². The van der Waals surface area contributed by atoms with Crippen LogP contribution in [0, 0.1) is 0 Å². The topological polar surface area (TPSA) is 43.4 Å². The van der Waals surface area contributed by atoms with E-state index in [9.17, 15) is 8.42 Å². The molecule has 0 radical (unpaired) electrons. The van der Waals surface area contributed by atoms with Crippen LogP contribution in [0.2, 0.25) is 0 Å². The maximum atomic E-state index is 11.8. The first-order valence-electron chi connectivity index (χ1n) is 4.59. The van der Waals surface area contributed by atoms with E-state index < -0.39 is 15.3 Å². The summed E-state index contributed by atoms with van der Waals surface area (Å²) in [4.78, 5) is 0.429. The van der Waals surface area contributed by atoms with Crippen molar-refractivity contribution in [2.45, 2.75) is 23.7 Å². The SMILES string of the molecule is CCO[C@H]1Cc2ccccc2S1(=O)=O. The van der Waals surface area contributed by atoms with Gasteiger partial charge in [0.1, 0.15) is 0 Å². The highest BCUT2D eigenvalue weighted by Gasteiger charge is 2.36. The van der Waals surface area contributed by atoms with Gasteiger partial charge in [0.2, 0.25) is 9.84 Å². The molecule has 1 aromatic rings. The van der Waals surface area contributed by atoms with E-state index >= 15 is 0 Å². The van der Waals surface area contributed by atoms with Gasteiger partial charge in [0, 0.05) is 13.0 Å². The summed E-state index contributed by atoms with van der Waals surface area (Å²) in [6.07, 6.45) is 0.479. The molecule has 2 rings (SSSR count). The van der Waals surface area contributed by atoms with Gasteiger partial charge in [-0.15, -0.1) is 0 Å². The zero-order chi connectivity index (χ0) is 10.2. The summed E-state index contributed by atoms with van der Waals surface area (Å²) < 4.78 is 28.9. The van der Waals surface area contributed by atoms with Crippen molar-refractivity contribution in [1.29, 1.82) is 0 Å². The van der Waals surface area contributed by atoms with E-state index in [2.05, 4.69) is 0 Å². The summed E-state index contributed by atoms with van der Waals surface area (Å²) in [5.74, 6) is 0. The third-order valence-corrected chi connectivity index (χ3v) is 4.37. The van der Waals surface area contributed by atoms with Crippen LogP contribution >= 0.6 is 0 Å². The fraction of sp³-hybridized carbons (Fsp3) is 0.400. The van der Waals surface area contributed by atoms with Crippen LogP contribution in [-0.4, -0.2) is 20.5 Å². The van der Waals surface area contributed by atoms with Crippen LogP contribution in [0.15, 0.2) is 29.2 Å². The molecule has 76 valence electrons. The Morgan fingerprint density at radius 1 is 1.43 bits per heavy atom. The zero-order valence-corrected chi connectivity index (χ0v) is 8.75. The Morgan fingerprint density at radius 3 is 2.79 bits per heavy atom.